The predicted octanol–water partition coefficient (Wildman–Crippen LogP) is 0.866. The van der Waals surface area contributed by atoms with Crippen molar-refractivity contribution >= 4 is 0 Å². The molecular formula is C11H17N5. The third kappa shape index (κ3) is 2.93. The van der Waals surface area contributed by atoms with Gasteiger partial charge in [-0.05, 0) is 19.0 Å². The number of nitrogens with zero attached hydrogens (tertiary/aromatic N) is 3. The molecule has 0 unspecified atom stereocenters. The van der Waals surface area contributed by atoms with Gasteiger partial charge in [0.2, 0.25) is 0 Å². The Morgan fingerprint density at radius 3 is 3.06 bits per heavy atom. The first-order chi connectivity index (χ1) is 7.86. The van der Waals surface area contributed by atoms with Gasteiger partial charge in [-0.1, -0.05) is 0 Å². The summed E-state index contributed by atoms with van der Waals surface area (Å²) in [6.45, 7) is 1.86. The van der Waals surface area contributed by atoms with Crippen molar-refractivity contribution < 1.29 is 0 Å². The maximum absolute atomic E-state index is 4.18. The van der Waals surface area contributed by atoms with E-state index in [4.69, 9.17) is 0 Å². The molecule has 0 saturated heterocycles. The van der Waals surface area contributed by atoms with Crippen LogP contribution in [0.15, 0.2) is 24.7 Å². The van der Waals surface area contributed by atoms with Gasteiger partial charge in [-0.2, -0.15) is 5.10 Å². The standard InChI is InChI=1S/C11H17N5/c1-16-10(4-6-15-16)9-12-5-2-3-11-13-7-8-14-11/h4,6-8,12H,2-3,5,9H2,1H3,(H,13,14). The summed E-state index contributed by atoms with van der Waals surface area (Å²) in [4.78, 5) is 7.28. The lowest BCUT2D eigenvalue weighted by Crippen LogP contribution is -2.17. The van der Waals surface area contributed by atoms with E-state index in [1.165, 1.54) is 5.69 Å². The number of aromatic nitrogens is 4. The SMILES string of the molecule is Cn1nccc1CNCCCc1ncc[nH]1. The monoisotopic (exact) mass is 219 g/mol. The van der Waals surface area contributed by atoms with Crippen LogP contribution in [0.3, 0.4) is 0 Å². The van der Waals surface area contributed by atoms with Crippen LogP contribution in [0.2, 0.25) is 0 Å². The molecule has 0 atom stereocenters. The van der Waals surface area contributed by atoms with Crippen LogP contribution in [0.25, 0.3) is 0 Å². The Hall–Kier alpha value is -1.62. The van der Waals surface area contributed by atoms with Gasteiger partial charge in [0.1, 0.15) is 5.82 Å². The summed E-state index contributed by atoms with van der Waals surface area (Å²) in [5.41, 5.74) is 1.21. The van der Waals surface area contributed by atoms with E-state index < -0.39 is 0 Å². The molecule has 0 aliphatic heterocycles. The third-order valence-corrected chi connectivity index (χ3v) is 2.55. The molecule has 2 aromatic rings. The molecule has 0 aromatic carbocycles. The molecule has 0 radical (unpaired) electrons. The number of rotatable bonds is 6. The van der Waals surface area contributed by atoms with Gasteiger partial charge in [-0.25, -0.2) is 4.98 Å². The molecule has 16 heavy (non-hydrogen) atoms. The number of aryl methyl sites for hydroxylation is 2. The molecule has 5 heteroatoms. The highest BCUT2D eigenvalue weighted by Crippen LogP contribution is 1.96. The molecule has 0 bridgehead atoms. The molecular weight excluding hydrogens is 202 g/mol. The molecule has 2 N–H and O–H groups in total. The van der Waals surface area contributed by atoms with Crippen LogP contribution in [0, 0.1) is 0 Å². The highest BCUT2D eigenvalue weighted by atomic mass is 15.3. The van der Waals surface area contributed by atoms with Crippen molar-refractivity contribution in [3.8, 4) is 0 Å². The van der Waals surface area contributed by atoms with Crippen molar-refractivity contribution in [2.24, 2.45) is 7.05 Å². The van der Waals surface area contributed by atoms with Crippen molar-refractivity contribution in [1.82, 2.24) is 25.1 Å². The fourth-order valence-electron chi connectivity index (χ4n) is 1.61. The maximum Gasteiger partial charge on any atom is 0.106 e. The van der Waals surface area contributed by atoms with E-state index in [9.17, 15) is 0 Å². The number of imidazole rings is 1. The van der Waals surface area contributed by atoms with Crippen molar-refractivity contribution in [3.05, 3.63) is 36.2 Å². The number of aromatic amines is 1. The summed E-state index contributed by atoms with van der Waals surface area (Å²) in [5, 5.41) is 7.51. The van der Waals surface area contributed by atoms with Gasteiger partial charge >= 0.3 is 0 Å². The van der Waals surface area contributed by atoms with Crippen LogP contribution in [0.5, 0.6) is 0 Å². The Morgan fingerprint density at radius 1 is 1.44 bits per heavy atom. The Balaban J connectivity index is 1.61. The lowest BCUT2D eigenvalue weighted by Gasteiger charge is -2.04. The van der Waals surface area contributed by atoms with E-state index in [0.29, 0.717) is 0 Å². The summed E-state index contributed by atoms with van der Waals surface area (Å²) in [6, 6.07) is 2.03. The lowest BCUT2D eigenvalue weighted by molar-refractivity contribution is 0.602. The summed E-state index contributed by atoms with van der Waals surface area (Å²) < 4.78 is 1.89. The fourth-order valence-corrected chi connectivity index (χ4v) is 1.61. The summed E-state index contributed by atoms with van der Waals surface area (Å²) in [5.74, 6) is 1.06. The van der Waals surface area contributed by atoms with Gasteiger partial charge < -0.3 is 10.3 Å². The van der Waals surface area contributed by atoms with Crippen molar-refractivity contribution in [2.75, 3.05) is 6.54 Å². The van der Waals surface area contributed by atoms with Gasteiger partial charge in [-0.3, -0.25) is 4.68 Å². The quantitative estimate of drug-likeness (QED) is 0.709. The zero-order chi connectivity index (χ0) is 11.2. The summed E-state index contributed by atoms with van der Waals surface area (Å²) in [7, 11) is 1.96. The average Bonchev–Trinajstić information content (AvgIpc) is 2.90. The van der Waals surface area contributed by atoms with Crippen LogP contribution in [0.4, 0.5) is 0 Å². The molecule has 0 fully saturated rings. The molecule has 5 nitrogen and oxygen atoms in total. The molecule has 0 amide bonds. The number of H-pyrrole nitrogens is 1. The minimum Gasteiger partial charge on any atom is -0.349 e. The topological polar surface area (TPSA) is 58.5 Å². The van der Waals surface area contributed by atoms with Crippen molar-refractivity contribution in [1.29, 1.82) is 0 Å². The number of hydrogen-bond donors (Lipinski definition) is 2. The molecule has 0 spiro atoms. The molecule has 2 rings (SSSR count). The smallest absolute Gasteiger partial charge is 0.106 e. The second-order valence-corrected chi connectivity index (χ2v) is 3.76. The highest BCUT2D eigenvalue weighted by Gasteiger charge is 1.98. The van der Waals surface area contributed by atoms with E-state index in [-0.39, 0.29) is 0 Å². The Morgan fingerprint density at radius 2 is 2.38 bits per heavy atom. The van der Waals surface area contributed by atoms with Gasteiger partial charge in [0, 0.05) is 38.6 Å². The van der Waals surface area contributed by atoms with Crippen molar-refractivity contribution in [2.45, 2.75) is 19.4 Å². The van der Waals surface area contributed by atoms with Crippen LogP contribution >= 0.6 is 0 Å². The highest BCUT2D eigenvalue weighted by molar-refractivity contribution is 4.99. The largest absolute Gasteiger partial charge is 0.349 e. The maximum atomic E-state index is 4.18. The summed E-state index contributed by atoms with van der Waals surface area (Å²) in [6.07, 6.45) is 7.55. The molecule has 2 aromatic heterocycles. The Labute approximate surface area is 94.9 Å². The molecule has 0 aliphatic rings. The van der Waals surface area contributed by atoms with Gasteiger partial charge in [-0.15, -0.1) is 0 Å². The van der Waals surface area contributed by atoms with Gasteiger partial charge in [0.05, 0.1) is 5.69 Å². The first-order valence-corrected chi connectivity index (χ1v) is 5.52. The van der Waals surface area contributed by atoms with Crippen LogP contribution < -0.4 is 5.32 Å². The second kappa shape index (κ2) is 5.46. The van der Waals surface area contributed by atoms with Gasteiger partial charge in [0.25, 0.3) is 0 Å². The zero-order valence-corrected chi connectivity index (χ0v) is 9.48. The minimum absolute atomic E-state index is 0.870. The average molecular weight is 219 g/mol. The van der Waals surface area contributed by atoms with E-state index in [2.05, 4.69) is 20.4 Å². The Bertz CT molecular complexity index is 404. The van der Waals surface area contributed by atoms with E-state index >= 15 is 0 Å². The first kappa shape index (κ1) is 10.9. The lowest BCUT2D eigenvalue weighted by atomic mass is 10.3. The molecule has 86 valence electrons. The van der Waals surface area contributed by atoms with E-state index in [0.717, 1.165) is 31.8 Å². The van der Waals surface area contributed by atoms with Crippen LogP contribution in [-0.2, 0) is 20.0 Å². The Kier molecular flexibility index (Phi) is 3.71. The van der Waals surface area contributed by atoms with Crippen LogP contribution in [0.1, 0.15) is 17.9 Å². The third-order valence-electron chi connectivity index (χ3n) is 2.55. The van der Waals surface area contributed by atoms with Crippen molar-refractivity contribution in [3.63, 3.8) is 0 Å². The zero-order valence-electron chi connectivity index (χ0n) is 9.48. The first-order valence-electron chi connectivity index (χ1n) is 5.52. The minimum atomic E-state index is 0.870. The molecule has 0 saturated carbocycles. The second-order valence-electron chi connectivity index (χ2n) is 3.76. The van der Waals surface area contributed by atoms with Gasteiger partial charge in [0.15, 0.2) is 0 Å². The van der Waals surface area contributed by atoms with E-state index in [1.807, 2.05) is 30.2 Å². The normalized spacial score (nSPS) is 10.8. The number of nitrogens with one attached hydrogen (secondary N) is 2. The summed E-state index contributed by atoms with van der Waals surface area (Å²) >= 11 is 0. The van der Waals surface area contributed by atoms with Crippen LogP contribution in [-0.4, -0.2) is 26.3 Å². The van der Waals surface area contributed by atoms with E-state index in [1.54, 1.807) is 6.20 Å². The fraction of sp³-hybridized carbons (Fsp3) is 0.455. The molecule has 2 heterocycles. The predicted molar refractivity (Wildman–Crippen MR) is 61.8 cm³/mol. The number of hydrogen-bond acceptors (Lipinski definition) is 3. The molecule has 0 aliphatic carbocycles.